The van der Waals surface area contributed by atoms with E-state index in [0.29, 0.717) is 10.8 Å². The molecule has 0 saturated carbocycles. The first-order valence-electron chi connectivity index (χ1n) is 7.70. The number of piperidine rings is 2. The smallest absolute Gasteiger partial charge is 0.135 e. The Kier molecular flexibility index (Phi) is 2.72. The molecule has 20 heavy (non-hydrogen) atoms. The molecule has 4 saturated heterocycles. The molecular weight excluding hydrogens is 312 g/mol. The number of nitrogens with zero attached hydrogens (tertiary/aromatic N) is 2. The van der Waals surface area contributed by atoms with Gasteiger partial charge in [0, 0.05) is 34.0 Å². The van der Waals surface area contributed by atoms with E-state index in [0.717, 1.165) is 0 Å². The van der Waals surface area contributed by atoms with Crippen LogP contribution in [0.5, 0.6) is 0 Å². The normalized spacial score (nSPS) is 45.9. The molecule has 4 bridgehead atoms. The maximum Gasteiger partial charge on any atom is 0.135 e. The Morgan fingerprint density at radius 2 is 1.90 bits per heavy atom. The summed E-state index contributed by atoms with van der Waals surface area (Å²) in [4.78, 5) is 2.73. The summed E-state index contributed by atoms with van der Waals surface area (Å²) >= 11 is 3.62. The first-order valence-corrected chi connectivity index (χ1v) is 8.49. The quantitative estimate of drug-likeness (QED) is 0.748. The van der Waals surface area contributed by atoms with E-state index in [4.69, 9.17) is 0 Å². The third kappa shape index (κ3) is 2.15. The van der Waals surface area contributed by atoms with Crippen LogP contribution in [0.2, 0.25) is 0 Å². The molecular formula is C17H24BrN2+. The minimum atomic E-state index is 0.537. The van der Waals surface area contributed by atoms with Gasteiger partial charge in [0.05, 0.1) is 13.1 Å². The Hall–Kier alpha value is -0.380. The van der Waals surface area contributed by atoms with Crippen LogP contribution in [0.4, 0.5) is 0 Å². The summed E-state index contributed by atoms with van der Waals surface area (Å²) in [5.41, 5.74) is 2.56. The maximum atomic E-state index is 3.62. The van der Waals surface area contributed by atoms with E-state index < -0.39 is 0 Å². The van der Waals surface area contributed by atoms with Crippen LogP contribution in [-0.2, 0) is 6.54 Å². The molecule has 0 radical (unpaired) electrons. The molecule has 4 heterocycles. The van der Waals surface area contributed by atoms with Crippen molar-refractivity contribution in [2.45, 2.75) is 26.8 Å². The molecule has 0 aliphatic carbocycles. The highest BCUT2D eigenvalue weighted by molar-refractivity contribution is 9.10. The number of benzene rings is 1. The van der Waals surface area contributed by atoms with Crippen molar-refractivity contribution >= 4 is 15.9 Å². The molecule has 2 nitrogen and oxygen atoms in total. The van der Waals surface area contributed by atoms with Gasteiger partial charge in [-0.25, -0.2) is 0 Å². The van der Waals surface area contributed by atoms with Crippen molar-refractivity contribution in [3.63, 3.8) is 0 Å². The van der Waals surface area contributed by atoms with Gasteiger partial charge in [-0.15, -0.1) is 0 Å². The van der Waals surface area contributed by atoms with Gasteiger partial charge in [-0.05, 0) is 18.6 Å². The Balaban J connectivity index is 1.67. The van der Waals surface area contributed by atoms with Gasteiger partial charge >= 0.3 is 0 Å². The fraction of sp³-hybridized carbons (Fsp3) is 0.647. The molecule has 0 spiro atoms. The largest absolute Gasteiger partial charge is 0.306 e. The van der Waals surface area contributed by atoms with E-state index in [1.165, 1.54) is 60.3 Å². The molecule has 1 aromatic carbocycles. The monoisotopic (exact) mass is 335 g/mol. The zero-order valence-corrected chi connectivity index (χ0v) is 14.1. The van der Waals surface area contributed by atoms with Gasteiger partial charge in [0.15, 0.2) is 0 Å². The second-order valence-corrected chi connectivity index (χ2v) is 9.29. The highest BCUT2D eigenvalue weighted by Gasteiger charge is 2.60. The predicted octanol–water partition coefficient (Wildman–Crippen LogP) is 3.47. The summed E-state index contributed by atoms with van der Waals surface area (Å²) in [5.74, 6) is 0. The van der Waals surface area contributed by atoms with E-state index >= 15 is 0 Å². The van der Waals surface area contributed by atoms with Crippen molar-refractivity contribution in [1.29, 1.82) is 0 Å². The summed E-state index contributed by atoms with van der Waals surface area (Å²) in [6.07, 6.45) is 1.43. The topological polar surface area (TPSA) is 3.24 Å². The number of rotatable bonds is 2. The highest BCUT2D eigenvalue weighted by atomic mass is 79.9. The van der Waals surface area contributed by atoms with Crippen molar-refractivity contribution in [3.8, 4) is 0 Å². The summed E-state index contributed by atoms with van der Waals surface area (Å²) < 4.78 is 2.49. The minimum Gasteiger partial charge on any atom is -0.306 e. The van der Waals surface area contributed by atoms with Crippen LogP contribution in [-0.4, -0.2) is 42.2 Å². The Morgan fingerprint density at radius 3 is 2.50 bits per heavy atom. The molecule has 4 aliphatic rings. The lowest BCUT2D eigenvalue weighted by atomic mass is 9.63. The Labute approximate surface area is 130 Å². The number of quaternary nitrogens is 1. The van der Waals surface area contributed by atoms with Crippen molar-refractivity contribution in [2.24, 2.45) is 10.8 Å². The molecule has 5 rings (SSSR count). The third-order valence-corrected chi connectivity index (χ3v) is 5.90. The zero-order chi connectivity index (χ0) is 14.0. The van der Waals surface area contributed by atoms with Gasteiger partial charge in [-0.2, -0.15) is 0 Å². The molecule has 0 N–H and O–H groups in total. The van der Waals surface area contributed by atoms with Crippen LogP contribution in [0.1, 0.15) is 25.8 Å². The average Bonchev–Trinajstić information content (AvgIpc) is 2.22. The fourth-order valence-corrected chi connectivity index (χ4v) is 6.42. The molecule has 2 atom stereocenters. The Bertz CT molecular complexity index is 538. The van der Waals surface area contributed by atoms with Gasteiger partial charge in [-0.3, -0.25) is 4.90 Å². The Morgan fingerprint density at radius 1 is 1.20 bits per heavy atom. The van der Waals surface area contributed by atoms with Crippen LogP contribution in [0.25, 0.3) is 0 Å². The first kappa shape index (κ1) is 13.3. The van der Waals surface area contributed by atoms with Crippen LogP contribution >= 0.6 is 15.9 Å². The van der Waals surface area contributed by atoms with Gasteiger partial charge in [-0.1, -0.05) is 41.9 Å². The molecule has 1 aromatic rings. The maximum absolute atomic E-state index is 3.62. The van der Waals surface area contributed by atoms with E-state index in [1.807, 2.05) is 0 Å². The first-order chi connectivity index (χ1) is 9.38. The zero-order valence-electron chi connectivity index (χ0n) is 12.5. The molecule has 0 aromatic heterocycles. The van der Waals surface area contributed by atoms with Crippen LogP contribution in [0.3, 0.4) is 0 Å². The van der Waals surface area contributed by atoms with Gasteiger partial charge < -0.3 is 4.48 Å². The van der Waals surface area contributed by atoms with Crippen LogP contribution in [0.15, 0.2) is 28.7 Å². The molecule has 108 valence electrons. The third-order valence-electron chi connectivity index (χ3n) is 5.41. The van der Waals surface area contributed by atoms with Crippen molar-refractivity contribution < 1.29 is 4.48 Å². The molecule has 4 fully saturated rings. The lowest BCUT2D eigenvalue weighted by Gasteiger charge is -2.66. The van der Waals surface area contributed by atoms with Crippen molar-refractivity contribution in [2.75, 3.05) is 32.8 Å². The van der Waals surface area contributed by atoms with Crippen LogP contribution in [0, 0.1) is 10.8 Å². The lowest BCUT2D eigenvalue weighted by molar-refractivity contribution is -0.981. The van der Waals surface area contributed by atoms with Gasteiger partial charge in [0.1, 0.15) is 13.2 Å². The van der Waals surface area contributed by atoms with Crippen molar-refractivity contribution in [1.82, 2.24) is 4.90 Å². The van der Waals surface area contributed by atoms with E-state index in [-0.39, 0.29) is 0 Å². The fourth-order valence-electron chi connectivity index (χ4n) is 5.97. The summed E-state index contributed by atoms with van der Waals surface area (Å²) in [5, 5.41) is 0. The summed E-state index contributed by atoms with van der Waals surface area (Å²) in [6, 6.07) is 8.90. The summed E-state index contributed by atoms with van der Waals surface area (Å²) in [7, 11) is 0. The molecule has 0 amide bonds. The molecule has 4 aliphatic heterocycles. The number of hydrogen-bond acceptors (Lipinski definition) is 1. The second-order valence-electron chi connectivity index (χ2n) is 8.37. The molecule has 0 unspecified atom stereocenters. The number of hydrogen-bond donors (Lipinski definition) is 0. The molecule has 3 heteroatoms. The SMILES string of the molecule is C[C@]12CN3C[C@@](C)(C1)C[N+](Cc1cccc(Br)c1)(C3)C2. The van der Waals surface area contributed by atoms with E-state index in [1.54, 1.807) is 0 Å². The lowest BCUT2D eigenvalue weighted by Crippen LogP contribution is -2.77. The average molecular weight is 336 g/mol. The van der Waals surface area contributed by atoms with Crippen molar-refractivity contribution in [3.05, 3.63) is 34.3 Å². The van der Waals surface area contributed by atoms with Crippen LogP contribution < -0.4 is 0 Å². The predicted molar refractivity (Wildman–Crippen MR) is 85.1 cm³/mol. The number of halogens is 1. The highest BCUT2D eigenvalue weighted by Crippen LogP contribution is 2.52. The second kappa shape index (κ2) is 4.08. The summed E-state index contributed by atoms with van der Waals surface area (Å²) in [6.45, 7) is 12.9. The van der Waals surface area contributed by atoms with E-state index in [2.05, 4.69) is 58.9 Å². The van der Waals surface area contributed by atoms with Gasteiger partial charge in [0.2, 0.25) is 0 Å². The van der Waals surface area contributed by atoms with E-state index in [9.17, 15) is 0 Å². The minimum absolute atomic E-state index is 0.537. The standard InChI is InChI=1S/C17H24BrN2/c1-16-8-17(2)10-19(9-16)13-20(11-16,12-17)7-14-4-3-5-15(18)6-14/h3-6H,7-13H2,1-2H3/q+1/t16-,17-/m1/s1. The van der Waals surface area contributed by atoms with Gasteiger partial charge in [0.25, 0.3) is 0 Å².